The van der Waals surface area contributed by atoms with Crippen molar-refractivity contribution < 1.29 is 18.7 Å². The van der Waals surface area contributed by atoms with Gasteiger partial charge in [-0.1, -0.05) is 60.7 Å². The first-order valence-electron chi connectivity index (χ1n) is 11.5. The molecule has 0 spiro atoms. The summed E-state index contributed by atoms with van der Waals surface area (Å²) in [4.78, 5) is 30.5. The summed E-state index contributed by atoms with van der Waals surface area (Å²) in [6.45, 7) is -0.523. The Kier molecular flexibility index (Phi) is 6.35. The Labute approximate surface area is 202 Å². The molecule has 3 aromatic carbocycles. The number of benzene rings is 3. The highest BCUT2D eigenvalue weighted by atomic mass is 19.1. The van der Waals surface area contributed by atoms with E-state index in [2.05, 4.69) is 11.4 Å². The zero-order valence-corrected chi connectivity index (χ0v) is 19.0. The van der Waals surface area contributed by atoms with E-state index in [0.717, 1.165) is 35.2 Å². The summed E-state index contributed by atoms with van der Waals surface area (Å²) in [6.07, 6.45) is 4.52. The predicted molar refractivity (Wildman–Crippen MR) is 134 cm³/mol. The Balaban J connectivity index is 1.47. The fraction of sp³-hybridized carbons (Fsp3) is 0.138. The van der Waals surface area contributed by atoms with Crippen LogP contribution < -0.4 is 5.32 Å². The van der Waals surface area contributed by atoms with Gasteiger partial charge in [0, 0.05) is 5.39 Å². The van der Waals surface area contributed by atoms with Gasteiger partial charge < -0.3 is 10.1 Å². The number of halogens is 1. The van der Waals surface area contributed by atoms with E-state index in [4.69, 9.17) is 9.72 Å². The minimum atomic E-state index is -0.611. The molecule has 1 N–H and O–H groups in total. The SMILES string of the molecule is O=C(COC(=O)c1c2c(nc3ccccc13)C(=Cc1ccccc1)CCC2)Nc1ccccc1F. The van der Waals surface area contributed by atoms with Gasteiger partial charge >= 0.3 is 5.97 Å². The molecule has 0 aliphatic heterocycles. The quantitative estimate of drug-likeness (QED) is 0.364. The number of aromatic nitrogens is 1. The van der Waals surface area contributed by atoms with Crippen LogP contribution in [0, 0.1) is 5.82 Å². The number of carbonyl (C=O) groups excluding carboxylic acids is 2. The number of nitrogens with zero attached hydrogens (tertiary/aromatic N) is 1. The van der Waals surface area contributed by atoms with Crippen LogP contribution in [0.2, 0.25) is 0 Å². The molecule has 1 amide bonds. The predicted octanol–water partition coefficient (Wildman–Crippen LogP) is 6.05. The molecule has 1 heterocycles. The van der Waals surface area contributed by atoms with Gasteiger partial charge in [0.25, 0.3) is 5.91 Å². The van der Waals surface area contributed by atoms with Crippen LogP contribution in [0.15, 0.2) is 78.9 Å². The number of rotatable bonds is 5. The van der Waals surface area contributed by atoms with Crippen molar-refractivity contribution in [3.05, 3.63) is 107 Å². The minimum Gasteiger partial charge on any atom is -0.452 e. The van der Waals surface area contributed by atoms with Gasteiger partial charge in [0.1, 0.15) is 5.82 Å². The van der Waals surface area contributed by atoms with Crippen molar-refractivity contribution in [2.75, 3.05) is 11.9 Å². The third-order valence-electron chi connectivity index (χ3n) is 6.00. The van der Waals surface area contributed by atoms with E-state index in [1.807, 2.05) is 54.6 Å². The van der Waals surface area contributed by atoms with Gasteiger partial charge in [-0.25, -0.2) is 14.2 Å². The number of hydrogen-bond acceptors (Lipinski definition) is 4. The molecule has 1 aliphatic rings. The monoisotopic (exact) mass is 466 g/mol. The van der Waals surface area contributed by atoms with Gasteiger partial charge in [0.05, 0.1) is 22.5 Å². The summed E-state index contributed by atoms with van der Waals surface area (Å²) in [5, 5.41) is 3.13. The second-order valence-electron chi connectivity index (χ2n) is 8.37. The number of carbonyl (C=O) groups is 2. The molecule has 5 rings (SSSR count). The Morgan fingerprint density at radius 3 is 2.51 bits per heavy atom. The highest BCUT2D eigenvalue weighted by Crippen LogP contribution is 2.36. The van der Waals surface area contributed by atoms with Crippen molar-refractivity contribution in [2.45, 2.75) is 19.3 Å². The molecule has 174 valence electrons. The number of anilines is 1. The average Bonchev–Trinajstić information content (AvgIpc) is 2.88. The molecule has 0 saturated carbocycles. The molecular formula is C29H23FN2O3. The number of allylic oxidation sites excluding steroid dienone is 1. The fourth-order valence-electron chi connectivity index (χ4n) is 4.41. The number of pyridine rings is 1. The van der Waals surface area contributed by atoms with Crippen molar-refractivity contribution in [3.63, 3.8) is 0 Å². The molecule has 4 aromatic rings. The van der Waals surface area contributed by atoms with Crippen molar-refractivity contribution in [1.29, 1.82) is 0 Å². The Morgan fingerprint density at radius 2 is 1.69 bits per heavy atom. The van der Waals surface area contributed by atoms with Crippen LogP contribution in [0.1, 0.15) is 40.0 Å². The van der Waals surface area contributed by atoms with E-state index >= 15 is 0 Å². The normalized spacial score (nSPS) is 13.9. The van der Waals surface area contributed by atoms with Crippen LogP contribution in [-0.2, 0) is 16.0 Å². The molecule has 1 aliphatic carbocycles. The third-order valence-corrected chi connectivity index (χ3v) is 6.00. The van der Waals surface area contributed by atoms with Gasteiger partial charge in [-0.05, 0) is 60.2 Å². The Bertz CT molecular complexity index is 1450. The summed E-state index contributed by atoms with van der Waals surface area (Å²) >= 11 is 0. The van der Waals surface area contributed by atoms with E-state index in [1.54, 1.807) is 6.07 Å². The molecule has 0 fully saturated rings. The average molecular weight is 467 g/mol. The van der Waals surface area contributed by atoms with Crippen LogP contribution in [0.5, 0.6) is 0 Å². The molecule has 6 heteroatoms. The number of hydrogen-bond donors (Lipinski definition) is 1. The van der Waals surface area contributed by atoms with Crippen LogP contribution >= 0.6 is 0 Å². The molecule has 0 saturated heterocycles. The topological polar surface area (TPSA) is 68.3 Å². The van der Waals surface area contributed by atoms with E-state index in [1.165, 1.54) is 18.2 Å². The number of esters is 1. The summed E-state index contributed by atoms with van der Waals surface area (Å²) in [7, 11) is 0. The highest BCUT2D eigenvalue weighted by molar-refractivity contribution is 6.07. The van der Waals surface area contributed by atoms with E-state index in [0.29, 0.717) is 22.9 Å². The van der Waals surface area contributed by atoms with Crippen LogP contribution in [-0.4, -0.2) is 23.5 Å². The van der Waals surface area contributed by atoms with Gasteiger partial charge in [-0.2, -0.15) is 0 Å². The molecule has 0 atom stereocenters. The summed E-state index contributed by atoms with van der Waals surface area (Å²) in [5.41, 5.74) is 4.92. The minimum absolute atomic E-state index is 0.0379. The smallest absolute Gasteiger partial charge is 0.339 e. The van der Waals surface area contributed by atoms with E-state index in [-0.39, 0.29) is 5.69 Å². The number of para-hydroxylation sites is 2. The first-order chi connectivity index (χ1) is 17.1. The first-order valence-corrected chi connectivity index (χ1v) is 11.5. The van der Waals surface area contributed by atoms with E-state index < -0.39 is 24.3 Å². The van der Waals surface area contributed by atoms with Crippen molar-refractivity contribution >= 4 is 40.1 Å². The second kappa shape index (κ2) is 9.89. The van der Waals surface area contributed by atoms with Gasteiger partial charge in [-0.15, -0.1) is 0 Å². The molecule has 5 nitrogen and oxygen atoms in total. The highest BCUT2D eigenvalue weighted by Gasteiger charge is 2.26. The molecule has 0 radical (unpaired) electrons. The van der Waals surface area contributed by atoms with Crippen LogP contribution in [0.25, 0.3) is 22.6 Å². The van der Waals surface area contributed by atoms with Crippen molar-refractivity contribution in [2.24, 2.45) is 0 Å². The number of ether oxygens (including phenoxy) is 1. The van der Waals surface area contributed by atoms with Gasteiger partial charge in [0.15, 0.2) is 6.61 Å². The standard InChI is InChI=1S/C29H23FN2O3/c30-23-14-5-7-16-25(23)31-26(33)18-35-29(34)27-21-12-4-6-15-24(21)32-28-20(11-8-13-22(27)28)17-19-9-2-1-3-10-19/h1-7,9-10,12,14-17H,8,11,13,18H2,(H,31,33). The molecule has 1 aromatic heterocycles. The van der Waals surface area contributed by atoms with Gasteiger partial charge in [0.2, 0.25) is 0 Å². The maximum absolute atomic E-state index is 13.8. The van der Waals surface area contributed by atoms with Crippen molar-refractivity contribution in [1.82, 2.24) is 4.98 Å². The summed E-state index contributed by atoms with van der Waals surface area (Å²) < 4.78 is 19.2. The molecule has 35 heavy (non-hydrogen) atoms. The second-order valence-corrected chi connectivity index (χ2v) is 8.37. The summed E-state index contributed by atoms with van der Waals surface area (Å²) in [6, 6.07) is 23.3. The Hall–Kier alpha value is -4.32. The zero-order chi connectivity index (χ0) is 24.2. The lowest BCUT2D eigenvalue weighted by atomic mass is 9.86. The van der Waals surface area contributed by atoms with E-state index in [9.17, 15) is 14.0 Å². The van der Waals surface area contributed by atoms with Crippen LogP contribution in [0.4, 0.5) is 10.1 Å². The first kappa shape index (κ1) is 22.5. The lowest BCUT2D eigenvalue weighted by Gasteiger charge is -2.22. The molecule has 0 unspecified atom stereocenters. The number of amides is 1. The number of nitrogens with one attached hydrogen (secondary N) is 1. The fourth-order valence-corrected chi connectivity index (χ4v) is 4.41. The lowest BCUT2D eigenvalue weighted by Crippen LogP contribution is -2.23. The largest absolute Gasteiger partial charge is 0.452 e. The maximum Gasteiger partial charge on any atom is 0.339 e. The van der Waals surface area contributed by atoms with Gasteiger partial charge in [-0.3, -0.25) is 4.79 Å². The van der Waals surface area contributed by atoms with Crippen LogP contribution in [0.3, 0.4) is 0 Å². The number of fused-ring (bicyclic) bond motifs is 2. The van der Waals surface area contributed by atoms with Crippen molar-refractivity contribution in [3.8, 4) is 0 Å². The summed E-state index contributed by atoms with van der Waals surface area (Å²) in [5.74, 6) is -1.76. The lowest BCUT2D eigenvalue weighted by molar-refractivity contribution is -0.119. The molecular weight excluding hydrogens is 443 g/mol. The molecule has 0 bridgehead atoms. The third kappa shape index (κ3) is 4.82. The Morgan fingerprint density at radius 1 is 0.943 bits per heavy atom. The zero-order valence-electron chi connectivity index (χ0n) is 19.0. The maximum atomic E-state index is 13.8.